The second kappa shape index (κ2) is 14.2. The highest BCUT2D eigenvalue weighted by Crippen LogP contribution is 2.57. The van der Waals surface area contributed by atoms with E-state index >= 15 is 0 Å². The van der Waals surface area contributed by atoms with Gasteiger partial charge in [0.1, 0.15) is 58.6 Å². The molecule has 0 aromatic rings. The van der Waals surface area contributed by atoms with Crippen molar-refractivity contribution < 1.29 is 23.7 Å². The molecule has 1 saturated heterocycles. The second-order valence-corrected chi connectivity index (χ2v) is 21.5. The molecular formula is C60H56N2O5. The van der Waals surface area contributed by atoms with E-state index < -0.39 is 0 Å². The van der Waals surface area contributed by atoms with Crippen molar-refractivity contribution in [2.45, 2.75) is 107 Å². The molecule has 16 rings (SSSR count). The highest BCUT2D eigenvalue weighted by Gasteiger charge is 2.51. The largest absolute Gasteiger partial charge is 0.494 e. The van der Waals surface area contributed by atoms with E-state index in [4.69, 9.17) is 23.7 Å². The van der Waals surface area contributed by atoms with E-state index in [9.17, 15) is 0 Å². The molecule has 0 amide bonds. The topological polar surface area (TPSA) is 52.6 Å². The Bertz CT molecular complexity index is 2940. The SMILES string of the molecule is C1=CC2C3=C(C=CCC3)N(C3=CC4=C(CC3)OC3=CC5=C(CC34)C3C=C(OC4=CC6C7=C(C=C8OC9CCC(N%10C%11=C(CCC=C%11)C%11CCC=CC%11%10)=CC9C8C7)OC6C=C4)C=CC3O5)C2C=C1. The Labute approximate surface area is 393 Å². The first-order valence-electron chi connectivity index (χ1n) is 25.7. The first-order valence-corrected chi connectivity index (χ1v) is 25.7. The molecule has 336 valence electrons. The number of nitrogens with zero attached hydrogens (tertiary/aromatic N) is 2. The zero-order valence-electron chi connectivity index (χ0n) is 37.9. The fourth-order valence-electron chi connectivity index (χ4n) is 15.2. The van der Waals surface area contributed by atoms with E-state index in [0.29, 0.717) is 35.8 Å². The molecule has 16 aliphatic rings. The van der Waals surface area contributed by atoms with Gasteiger partial charge in [-0.2, -0.15) is 0 Å². The molecule has 7 heteroatoms. The van der Waals surface area contributed by atoms with Crippen LogP contribution < -0.4 is 0 Å². The number of fused-ring (bicyclic) bond motifs is 13. The van der Waals surface area contributed by atoms with Gasteiger partial charge in [-0.3, -0.25) is 0 Å². The third-order valence-corrected chi connectivity index (χ3v) is 18.2. The summed E-state index contributed by atoms with van der Waals surface area (Å²) >= 11 is 0. The van der Waals surface area contributed by atoms with Crippen molar-refractivity contribution in [1.82, 2.24) is 9.80 Å². The van der Waals surface area contributed by atoms with E-state index in [1.54, 1.807) is 11.1 Å². The highest BCUT2D eigenvalue weighted by molar-refractivity contribution is 5.53. The van der Waals surface area contributed by atoms with Crippen molar-refractivity contribution in [2.24, 2.45) is 41.4 Å². The number of hydrogen-bond donors (Lipinski definition) is 0. The molecule has 7 nitrogen and oxygen atoms in total. The Hall–Kier alpha value is -6.08. The Morgan fingerprint density at radius 2 is 1.28 bits per heavy atom. The third kappa shape index (κ3) is 5.57. The van der Waals surface area contributed by atoms with Gasteiger partial charge in [-0.15, -0.1) is 0 Å². The minimum Gasteiger partial charge on any atom is -0.494 e. The van der Waals surface area contributed by atoms with Crippen LogP contribution in [0.2, 0.25) is 0 Å². The summed E-state index contributed by atoms with van der Waals surface area (Å²) in [5.41, 5.74) is 13.2. The molecule has 0 N–H and O–H groups in total. The number of hydrogen-bond acceptors (Lipinski definition) is 7. The Morgan fingerprint density at radius 3 is 2.12 bits per heavy atom. The van der Waals surface area contributed by atoms with E-state index in [-0.39, 0.29) is 36.1 Å². The van der Waals surface area contributed by atoms with Crippen LogP contribution in [0, 0.1) is 41.4 Å². The summed E-state index contributed by atoms with van der Waals surface area (Å²) in [6, 6.07) is 0.826. The van der Waals surface area contributed by atoms with Crippen LogP contribution in [0.4, 0.5) is 0 Å². The molecule has 6 heterocycles. The van der Waals surface area contributed by atoms with Gasteiger partial charge < -0.3 is 33.5 Å². The quantitative estimate of drug-likeness (QED) is 0.261. The molecule has 0 bridgehead atoms. The van der Waals surface area contributed by atoms with Gasteiger partial charge in [0, 0.05) is 88.4 Å². The Kier molecular flexibility index (Phi) is 8.06. The van der Waals surface area contributed by atoms with Gasteiger partial charge in [0.25, 0.3) is 0 Å². The van der Waals surface area contributed by atoms with Crippen LogP contribution in [0.3, 0.4) is 0 Å². The Balaban J connectivity index is 0.632. The molecule has 6 aliphatic heterocycles. The molecule has 0 aromatic carbocycles. The van der Waals surface area contributed by atoms with Crippen molar-refractivity contribution in [3.8, 4) is 0 Å². The molecule has 1 fully saturated rings. The van der Waals surface area contributed by atoms with Crippen molar-refractivity contribution >= 4 is 0 Å². The van der Waals surface area contributed by atoms with Crippen LogP contribution in [-0.4, -0.2) is 40.2 Å². The standard InChI is InChI=1S/C60H56N2O5/c1-5-13-49-37(9-1)38-10-2-6-14-50(38)61(49)33-17-21-53-41(25-33)45-29-47-43-27-35(19-23-55(43)66-59(47)31-57(45)64-53)63-36-20-24-56-44(28-36)48-30-46-42-26-34(18-22-54(42)65-58(46)32-60(48)67-56)62-51-15-7-3-11-39(51)40-12-4-8-16-52(40)62/h1,5-9,13-16,19-20,23-28,31-32,37,39,42-46,49,51,54-56H,2-4,10-12,17-18,21-22,29-30H2. The summed E-state index contributed by atoms with van der Waals surface area (Å²) in [6.07, 6.45) is 59.8. The van der Waals surface area contributed by atoms with E-state index in [0.717, 1.165) is 91.7 Å². The summed E-state index contributed by atoms with van der Waals surface area (Å²) in [5, 5.41) is 0. The fraction of sp³-hybridized carbons (Fsp3) is 0.400. The molecular weight excluding hydrogens is 829 g/mol. The maximum absolute atomic E-state index is 6.81. The van der Waals surface area contributed by atoms with Gasteiger partial charge in [0.05, 0.1) is 12.1 Å². The lowest BCUT2D eigenvalue weighted by molar-refractivity contribution is 0.121. The molecule has 12 unspecified atom stereocenters. The summed E-state index contributed by atoms with van der Waals surface area (Å²) in [5.74, 6) is 9.35. The molecule has 67 heavy (non-hydrogen) atoms. The lowest BCUT2D eigenvalue weighted by atomic mass is 9.75. The number of allylic oxidation sites excluding steroid dienone is 17. The van der Waals surface area contributed by atoms with Crippen LogP contribution in [0.5, 0.6) is 0 Å². The average molecular weight is 885 g/mol. The molecule has 0 radical (unpaired) electrons. The predicted molar refractivity (Wildman–Crippen MR) is 255 cm³/mol. The molecule has 0 saturated carbocycles. The fourth-order valence-corrected chi connectivity index (χ4v) is 15.2. The minimum atomic E-state index is -0.0368. The Morgan fingerprint density at radius 1 is 0.537 bits per heavy atom. The molecule has 12 atom stereocenters. The van der Waals surface area contributed by atoms with Crippen LogP contribution in [0.1, 0.15) is 77.0 Å². The van der Waals surface area contributed by atoms with Crippen LogP contribution in [-0.2, 0) is 23.7 Å². The van der Waals surface area contributed by atoms with E-state index in [2.05, 4.69) is 131 Å². The van der Waals surface area contributed by atoms with Crippen molar-refractivity contribution in [3.05, 3.63) is 212 Å². The normalized spacial score (nSPS) is 39.2. The maximum Gasteiger partial charge on any atom is 0.128 e. The van der Waals surface area contributed by atoms with Crippen molar-refractivity contribution in [1.29, 1.82) is 0 Å². The number of ether oxygens (including phenoxy) is 5. The molecule has 0 aromatic heterocycles. The first-order chi connectivity index (χ1) is 33.1. The van der Waals surface area contributed by atoms with Crippen LogP contribution in [0.15, 0.2) is 212 Å². The summed E-state index contributed by atoms with van der Waals surface area (Å²) in [6.45, 7) is 0. The van der Waals surface area contributed by atoms with Gasteiger partial charge in [0.15, 0.2) is 0 Å². The van der Waals surface area contributed by atoms with Crippen molar-refractivity contribution in [3.63, 3.8) is 0 Å². The highest BCUT2D eigenvalue weighted by atomic mass is 16.5. The van der Waals surface area contributed by atoms with Gasteiger partial charge in [-0.05, 0) is 148 Å². The zero-order chi connectivity index (χ0) is 43.5. The molecule has 10 aliphatic carbocycles. The average Bonchev–Trinajstić information content (AvgIpc) is 4.22. The summed E-state index contributed by atoms with van der Waals surface area (Å²) in [4.78, 5) is 5.38. The first kappa shape index (κ1) is 37.9. The number of rotatable bonds is 4. The van der Waals surface area contributed by atoms with Gasteiger partial charge in [-0.25, -0.2) is 0 Å². The molecule has 0 spiro atoms. The van der Waals surface area contributed by atoms with E-state index in [1.807, 2.05) is 0 Å². The second-order valence-electron chi connectivity index (χ2n) is 21.5. The monoisotopic (exact) mass is 884 g/mol. The minimum absolute atomic E-state index is 0.0215. The van der Waals surface area contributed by atoms with Gasteiger partial charge in [0.2, 0.25) is 0 Å². The van der Waals surface area contributed by atoms with Crippen molar-refractivity contribution in [2.75, 3.05) is 0 Å². The van der Waals surface area contributed by atoms with E-state index in [1.165, 1.54) is 65.2 Å². The third-order valence-electron chi connectivity index (χ3n) is 18.2. The smallest absolute Gasteiger partial charge is 0.128 e. The lowest BCUT2D eigenvalue weighted by Crippen LogP contribution is -2.36. The summed E-state index contributed by atoms with van der Waals surface area (Å²) in [7, 11) is 0. The van der Waals surface area contributed by atoms with Gasteiger partial charge in [-0.1, -0.05) is 54.7 Å². The van der Waals surface area contributed by atoms with Crippen LogP contribution in [0.25, 0.3) is 0 Å². The van der Waals surface area contributed by atoms with Gasteiger partial charge >= 0.3 is 0 Å². The summed E-state index contributed by atoms with van der Waals surface area (Å²) < 4.78 is 33.6. The lowest BCUT2D eigenvalue weighted by Gasteiger charge is -2.37. The predicted octanol–water partition coefficient (Wildman–Crippen LogP) is 12.2. The zero-order valence-corrected chi connectivity index (χ0v) is 37.9. The van der Waals surface area contributed by atoms with Crippen LogP contribution >= 0.6 is 0 Å². The maximum atomic E-state index is 6.81.